The van der Waals surface area contributed by atoms with Crippen LogP contribution in [-0.2, 0) is 19.1 Å². The van der Waals surface area contributed by atoms with Gasteiger partial charge in [-0.3, -0.25) is 9.59 Å². The van der Waals surface area contributed by atoms with Gasteiger partial charge in [-0.1, -0.05) is 20.8 Å². The van der Waals surface area contributed by atoms with Crippen LogP contribution in [0.1, 0.15) is 79.6 Å². The summed E-state index contributed by atoms with van der Waals surface area (Å²) in [6, 6.07) is 0. The number of carbonyl (C=O) groups is 2. The Morgan fingerprint density at radius 1 is 0.929 bits per heavy atom. The number of aliphatic hydroxyl groups is 1. The predicted molar refractivity (Wildman–Crippen MR) is 104 cm³/mol. The Hall–Kier alpha value is -1.10. The Balaban J connectivity index is 1.64. The monoisotopic (exact) mass is 392 g/mol. The second kappa shape index (κ2) is 6.45. The highest BCUT2D eigenvalue weighted by Crippen LogP contribution is 2.71. The molecule has 4 aliphatic rings. The quantitative estimate of drug-likeness (QED) is 0.723. The molecule has 0 aromatic rings. The fraction of sp³-hybridized carbons (Fsp3) is 0.913. The van der Waals surface area contributed by atoms with E-state index >= 15 is 0 Å². The van der Waals surface area contributed by atoms with Gasteiger partial charge in [-0.2, -0.15) is 0 Å². The molecule has 0 unspecified atom stereocenters. The molecule has 4 saturated carbocycles. The van der Waals surface area contributed by atoms with Gasteiger partial charge in [0.1, 0.15) is 12.2 Å². The molecule has 0 bridgehead atoms. The van der Waals surface area contributed by atoms with Crippen LogP contribution < -0.4 is 0 Å². The lowest BCUT2D eigenvalue weighted by Gasteiger charge is -2.52. The molecule has 28 heavy (non-hydrogen) atoms. The summed E-state index contributed by atoms with van der Waals surface area (Å²) in [7, 11) is 0. The third kappa shape index (κ3) is 2.60. The van der Waals surface area contributed by atoms with Crippen LogP contribution in [0.3, 0.4) is 0 Å². The van der Waals surface area contributed by atoms with Crippen LogP contribution in [0.2, 0.25) is 0 Å². The maximum atomic E-state index is 12.0. The van der Waals surface area contributed by atoms with Gasteiger partial charge in [0.2, 0.25) is 0 Å². The molecule has 5 heteroatoms. The van der Waals surface area contributed by atoms with Crippen molar-refractivity contribution in [2.45, 2.75) is 97.4 Å². The van der Waals surface area contributed by atoms with E-state index in [2.05, 4.69) is 20.8 Å². The third-order valence-electron chi connectivity index (χ3n) is 9.55. The van der Waals surface area contributed by atoms with Crippen molar-refractivity contribution in [1.29, 1.82) is 0 Å². The van der Waals surface area contributed by atoms with E-state index in [1.54, 1.807) is 0 Å². The van der Waals surface area contributed by atoms with E-state index in [9.17, 15) is 14.7 Å². The van der Waals surface area contributed by atoms with Gasteiger partial charge in [-0.05, 0) is 67.6 Å². The third-order valence-corrected chi connectivity index (χ3v) is 9.55. The van der Waals surface area contributed by atoms with Crippen molar-refractivity contribution in [3.05, 3.63) is 0 Å². The van der Waals surface area contributed by atoms with E-state index in [1.807, 2.05) is 0 Å². The van der Waals surface area contributed by atoms with Crippen LogP contribution in [0.25, 0.3) is 0 Å². The first-order chi connectivity index (χ1) is 13.0. The first-order valence-corrected chi connectivity index (χ1v) is 11.1. The molecule has 0 aromatic heterocycles. The smallest absolute Gasteiger partial charge is 0.302 e. The van der Waals surface area contributed by atoms with E-state index in [-0.39, 0.29) is 40.9 Å². The van der Waals surface area contributed by atoms with Crippen LogP contribution >= 0.6 is 0 Å². The Kier molecular flexibility index (Phi) is 4.65. The van der Waals surface area contributed by atoms with Gasteiger partial charge in [0.25, 0.3) is 0 Å². The van der Waals surface area contributed by atoms with Gasteiger partial charge < -0.3 is 14.6 Å². The maximum absolute atomic E-state index is 12.0. The van der Waals surface area contributed by atoms with Crippen molar-refractivity contribution in [2.75, 3.05) is 0 Å². The predicted octanol–water partition coefficient (Wildman–Crippen LogP) is 3.86. The molecule has 5 nitrogen and oxygen atoms in total. The van der Waals surface area contributed by atoms with Gasteiger partial charge in [-0.25, -0.2) is 0 Å². The molecule has 0 saturated heterocycles. The normalized spacial score (nSPS) is 52.4. The van der Waals surface area contributed by atoms with E-state index in [1.165, 1.54) is 13.8 Å². The lowest BCUT2D eigenvalue weighted by Crippen LogP contribution is -2.54. The average Bonchev–Trinajstić information content (AvgIpc) is 2.99. The van der Waals surface area contributed by atoms with Crippen molar-refractivity contribution in [3.63, 3.8) is 0 Å². The fourth-order valence-electron chi connectivity index (χ4n) is 8.21. The molecular weight excluding hydrogens is 356 g/mol. The first-order valence-electron chi connectivity index (χ1n) is 11.1. The summed E-state index contributed by atoms with van der Waals surface area (Å²) in [6.07, 6.45) is 6.26. The van der Waals surface area contributed by atoms with Gasteiger partial charge in [-0.15, -0.1) is 0 Å². The number of hydrogen-bond acceptors (Lipinski definition) is 5. The number of carbonyl (C=O) groups excluding carboxylic acids is 2. The molecule has 0 radical (unpaired) electrons. The molecule has 1 N–H and O–H groups in total. The minimum atomic E-state index is -0.800. The molecule has 9 atom stereocenters. The summed E-state index contributed by atoms with van der Waals surface area (Å²) in [5.41, 5.74) is -0.920. The number of esters is 2. The number of fused-ring (bicyclic) bond motifs is 5. The molecule has 0 amide bonds. The number of rotatable bonds is 2. The summed E-state index contributed by atoms with van der Waals surface area (Å²) >= 11 is 0. The Morgan fingerprint density at radius 3 is 2.25 bits per heavy atom. The summed E-state index contributed by atoms with van der Waals surface area (Å²) in [5.74, 6) is 1.11. The van der Waals surface area contributed by atoms with E-state index < -0.39 is 5.60 Å². The van der Waals surface area contributed by atoms with Crippen LogP contribution in [-0.4, -0.2) is 34.9 Å². The van der Waals surface area contributed by atoms with E-state index in [4.69, 9.17) is 9.47 Å². The van der Waals surface area contributed by atoms with Crippen molar-refractivity contribution in [2.24, 2.45) is 34.5 Å². The molecule has 0 aliphatic heterocycles. The van der Waals surface area contributed by atoms with Crippen molar-refractivity contribution in [3.8, 4) is 0 Å². The van der Waals surface area contributed by atoms with Gasteiger partial charge in [0.05, 0.1) is 5.60 Å². The van der Waals surface area contributed by atoms with Crippen LogP contribution in [0, 0.1) is 34.5 Å². The topological polar surface area (TPSA) is 72.8 Å². The molecule has 4 aliphatic carbocycles. The Bertz CT molecular complexity index is 676. The summed E-state index contributed by atoms with van der Waals surface area (Å²) in [4.78, 5) is 23.1. The maximum Gasteiger partial charge on any atom is 0.302 e. The lowest BCUT2D eigenvalue weighted by atomic mass is 9.55. The molecule has 0 heterocycles. The summed E-state index contributed by atoms with van der Waals surface area (Å²) in [5, 5.41) is 12.0. The minimum absolute atomic E-state index is 0.00187. The van der Waals surface area contributed by atoms with Crippen LogP contribution in [0.5, 0.6) is 0 Å². The van der Waals surface area contributed by atoms with Crippen molar-refractivity contribution < 1.29 is 24.2 Å². The summed E-state index contributed by atoms with van der Waals surface area (Å²) < 4.78 is 11.3. The van der Waals surface area contributed by atoms with Crippen molar-refractivity contribution in [1.82, 2.24) is 0 Å². The van der Waals surface area contributed by atoms with Gasteiger partial charge in [0.15, 0.2) is 0 Å². The highest BCUT2D eigenvalue weighted by molar-refractivity contribution is 5.66. The average molecular weight is 393 g/mol. The Labute approximate surface area is 168 Å². The second-order valence-corrected chi connectivity index (χ2v) is 10.6. The first kappa shape index (κ1) is 20.2. The number of hydrogen-bond donors (Lipinski definition) is 1. The van der Waals surface area contributed by atoms with E-state index in [0.717, 1.165) is 38.5 Å². The molecule has 4 rings (SSSR count). The molecule has 0 spiro atoms. The fourth-order valence-corrected chi connectivity index (χ4v) is 8.21. The van der Waals surface area contributed by atoms with Gasteiger partial charge in [0, 0.05) is 25.7 Å². The largest absolute Gasteiger partial charge is 0.462 e. The molecule has 158 valence electrons. The molecular formula is C23H36O5. The van der Waals surface area contributed by atoms with Crippen LogP contribution in [0.15, 0.2) is 0 Å². The number of ether oxygens (including phenoxy) is 2. The van der Waals surface area contributed by atoms with E-state index in [0.29, 0.717) is 24.2 Å². The second-order valence-electron chi connectivity index (χ2n) is 10.6. The van der Waals surface area contributed by atoms with Crippen LogP contribution in [0.4, 0.5) is 0 Å². The zero-order valence-electron chi connectivity index (χ0n) is 18.0. The summed E-state index contributed by atoms with van der Waals surface area (Å²) in [6.45, 7) is 9.75. The minimum Gasteiger partial charge on any atom is -0.462 e. The molecule has 0 aromatic carbocycles. The van der Waals surface area contributed by atoms with Gasteiger partial charge >= 0.3 is 11.9 Å². The SMILES string of the molecule is CC(=O)O[C@@H]1CC[C@]2(C)[C@H]3CC[C@@]4(C)[C@@H](OC(C)=O)CC[C@H]4[C@@H]3[C@@H](C)[C@@]2(O)C1. The standard InChI is InChI=1S/C23H36O5/c1-13-20-17-6-7-19(28-15(3)25)21(17,4)10-9-18(20)22(5)11-8-16(27-14(2)24)12-23(13,22)26/h13,16-20,26H,6-12H2,1-5H3/t13-,16-,17+,18+,19+,20+,21-,22-,23+/m1/s1. The highest BCUT2D eigenvalue weighted by atomic mass is 16.5. The zero-order chi connectivity index (χ0) is 20.5. The van der Waals surface area contributed by atoms with Crippen molar-refractivity contribution >= 4 is 11.9 Å². The zero-order valence-corrected chi connectivity index (χ0v) is 18.0. The lowest BCUT2D eigenvalue weighted by molar-refractivity contribution is -0.173. The highest BCUT2D eigenvalue weighted by Gasteiger charge is 2.71. The molecule has 4 fully saturated rings. The Morgan fingerprint density at radius 2 is 1.61 bits per heavy atom.